The van der Waals surface area contributed by atoms with Crippen molar-refractivity contribution < 1.29 is 18.3 Å². The lowest BCUT2D eigenvalue weighted by atomic mass is 10.1. The molecule has 2 aromatic heterocycles. The summed E-state index contributed by atoms with van der Waals surface area (Å²) in [6.45, 7) is 6.85. The highest BCUT2D eigenvalue weighted by Gasteiger charge is 2.29. The van der Waals surface area contributed by atoms with Gasteiger partial charge in [0, 0.05) is 45.3 Å². The normalized spacial score (nSPS) is 15.5. The molecule has 1 aromatic carbocycles. The minimum absolute atomic E-state index is 0.0445. The van der Waals surface area contributed by atoms with Crippen LogP contribution in [0.1, 0.15) is 32.3 Å². The quantitative estimate of drug-likeness (QED) is 0.369. The maximum absolute atomic E-state index is 13.5. The van der Waals surface area contributed by atoms with Crippen LogP contribution in [0, 0.1) is 0 Å². The van der Waals surface area contributed by atoms with Crippen molar-refractivity contribution in [2.24, 2.45) is 7.05 Å². The van der Waals surface area contributed by atoms with Crippen molar-refractivity contribution in [2.45, 2.75) is 38.0 Å². The molecule has 0 atom stereocenters. The van der Waals surface area contributed by atoms with Crippen LogP contribution < -0.4 is 10.3 Å². The van der Waals surface area contributed by atoms with Gasteiger partial charge in [0.15, 0.2) is 0 Å². The van der Waals surface area contributed by atoms with Crippen LogP contribution in [0.25, 0.3) is 22.4 Å². The first-order valence-electron chi connectivity index (χ1n) is 12.6. The fraction of sp³-hybridized carbons (Fsp3) is 0.520. The molecule has 1 aliphatic heterocycles. The minimum atomic E-state index is -3.78. The molecular formula is C25H34BrN5O5S. The van der Waals surface area contributed by atoms with Gasteiger partial charge in [-0.25, -0.2) is 13.4 Å². The van der Waals surface area contributed by atoms with Crippen LogP contribution in [-0.2, 0) is 23.5 Å². The summed E-state index contributed by atoms with van der Waals surface area (Å²) < 4.78 is 37.1. The molecule has 1 aliphatic rings. The molecule has 0 radical (unpaired) electrons. The number of benzene rings is 1. The molecule has 2 N–H and O–H groups in total. The zero-order chi connectivity index (χ0) is 26.7. The Morgan fingerprint density at radius 3 is 2.54 bits per heavy atom. The molecule has 4 rings (SSSR count). The molecule has 10 nitrogen and oxygen atoms in total. The van der Waals surface area contributed by atoms with Gasteiger partial charge in [-0.2, -0.15) is 4.31 Å². The molecule has 0 amide bonds. The number of β-amino-alcohol motifs (C(OH)–C–C–N with tert-alkyl or cyclic N) is 1. The molecule has 0 bridgehead atoms. The summed E-state index contributed by atoms with van der Waals surface area (Å²) in [6.07, 6.45) is 2.39. The number of piperazine rings is 1. The predicted molar refractivity (Wildman–Crippen MR) is 147 cm³/mol. The molecule has 3 aromatic rings. The van der Waals surface area contributed by atoms with Gasteiger partial charge < -0.3 is 19.4 Å². The number of hydrogen-bond acceptors (Lipinski definition) is 7. The van der Waals surface area contributed by atoms with Gasteiger partial charge in [-0.1, -0.05) is 20.3 Å². The molecule has 202 valence electrons. The summed E-state index contributed by atoms with van der Waals surface area (Å²) in [6, 6.07) is 4.72. The predicted octanol–water partition coefficient (Wildman–Crippen LogP) is 2.73. The molecule has 37 heavy (non-hydrogen) atoms. The number of aliphatic hydroxyl groups excluding tert-OH is 1. The van der Waals surface area contributed by atoms with Crippen molar-refractivity contribution in [2.75, 3.05) is 45.9 Å². The largest absolute Gasteiger partial charge is 0.493 e. The van der Waals surface area contributed by atoms with Crippen LogP contribution in [0.4, 0.5) is 0 Å². The lowest BCUT2D eigenvalue weighted by Crippen LogP contribution is -2.49. The van der Waals surface area contributed by atoms with E-state index in [9.17, 15) is 18.3 Å². The zero-order valence-electron chi connectivity index (χ0n) is 21.5. The number of ether oxygens (including phenoxy) is 1. The summed E-state index contributed by atoms with van der Waals surface area (Å²) in [4.78, 5) is 23.0. The molecule has 0 unspecified atom stereocenters. The molecule has 12 heteroatoms. The van der Waals surface area contributed by atoms with E-state index < -0.39 is 10.0 Å². The maximum Gasteiger partial charge on any atom is 0.275 e. The number of aromatic nitrogens is 3. The van der Waals surface area contributed by atoms with Gasteiger partial charge >= 0.3 is 0 Å². The smallest absolute Gasteiger partial charge is 0.275 e. The first-order valence-corrected chi connectivity index (χ1v) is 14.8. The summed E-state index contributed by atoms with van der Waals surface area (Å²) in [5, 5.41) is 9.18. The van der Waals surface area contributed by atoms with E-state index in [1.54, 1.807) is 22.8 Å². The number of aliphatic hydroxyl groups is 1. The number of hydrogen-bond donors (Lipinski definition) is 2. The van der Waals surface area contributed by atoms with E-state index in [1.165, 1.54) is 4.31 Å². The number of fused-ring (bicyclic) bond motifs is 1. The lowest BCUT2D eigenvalue weighted by Gasteiger charge is -2.33. The van der Waals surface area contributed by atoms with E-state index in [4.69, 9.17) is 9.72 Å². The fourth-order valence-corrected chi connectivity index (χ4v) is 6.67. The SMILES string of the molecule is CCCOc1ccc(S(=O)(=O)N2CCN(CCO)CC2)cc1-c1nc2c(CCC)c(Br)n(C)c2c(=O)[nH]1. The van der Waals surface area contributed by atoms with Gasteiger partial charge in [0.2, 0.25) is 10.0 Å². The second-order valence-electron chi connectivity index (χ2n) is 9.17. The summed E-state index contributed by atoms with van der Waals surface area (Å²) in [5.74, 6) is 0.729. The Kier molecular flexibility index (Phi) is 8.74. The summed E-state index contributed by atoms with van der Waals surface area (Å²) in [5.41, 5.74) is 2.10. The summed E-state index contributed by atoms with van der Waals surface area (Å²) >= 11 is 3.60. The molecule has 3 heterocycles. The van der Waals surface area contributed by atoms with Crippen LogP contribution in [0.5, 0.6) is 5.75 Å². The summed E-state index contributed by atoms with van der Waals surface area (Å²) in [7, 11) is -1.97. The highest BCUT2D eigenvalue weighted by atomic mass is 79.9. The van der Waals surface area contributed by atoms with E-state index in [2.05, 4.69) is 27.8 Å². The number of nitrogens with one attached hydrogen (secondary N) is 1. The fourth-order valence-electron chi connectivity index (χ4n) is 4.66. The maximum atomic E-state index is 13.5. The number of aromatic amines is 1. The van der Waals surface area contributed by atoms with Crippen LogP contribution >= 0.6 is 15.9 Å². The van der Waals surface area contributed by atoms with Gasteiger partial charge in [-0.05, 0) is 47.0 Å². The number of nitrogens with zero attached hydrogens (tertiary/aromatic N) is 4. The van der Waals surface area contributed by atoms with E-state index in [-0.39, 0.29) is 22.9 Å². The van der Waals surface area contributed by atoms with Crippen molar-refractivity contribution >= 4 is 37.0 Å². The number of rotatable bonds is 10. The second kappa shape index (κ2) is 11.6. The third-order valence-electron chi connectivity index (χ3n) is 6.61. The van der Waals surface area contributed by atoms with Crippen molar-refractivity contribution in [1.29, 1.82) is 0 Å². The Morgan fingerprint density at radius 2 is 1.89 bits per heavy atom. The lowest BCUT2D eigenvalue weighted by molar-refractivity contribution is 0.151. The van der Waals surface area contributed by atoms with Crippen molar-refractivity contribution in [1.82, 2.24) is 23.7 Å². The van der Waals surface area contributed by atoms with E-state index in [0.717, 1.165) is 29.4 Å². The van der Waals surface area contributed by atoms with E-state index in [1.807, 2.05) is 18.9 Å². The minimum Gasteiger partial charge on any atom is -0.493 e. The van der Waals surface area contributed by atoms with Crippen LogP contribution in [-0.4, -0.2) is 83.2 Å². The van der Waals surface area contributed by atoms with E-state index in [0.29, 0.717) is 61.7 Å². The monoisotopic (exact) mass is 595 g/mol. The van der Waals surface area contributed by atoms with Gasteiger partial charge in [-0.15, -0.1) is 0 Å². The van der Waals surface area contributed by atoms with Gasteiger partial charge in [0.05, 0.1) is 28.3 Å². The molecule has 1 saturated heterocycles. The standard InChI is InChI=1S/C25H34BrN5O5S/c1-4-6-18-21-22(29(3)23(18)26)25(33)28-24(27-21)19-16-17(7-8-20(19)36-15-5-2)37(34,35)31-11-9-30(10-12-31)13-14-32/h7-8,16,32H,4-6,9-15H2,1-3H3,(H,27,28,33). The Balaban J connectivity index is 1.81. The van der Waals surface area contributed by atoms with Crippen molar-refractivity contribution in [3.8, 4) is 17.1 Å². The Bertz CT molecular complexity index is 1430. The van der Waals surface area contributed by atoms with Crippen molar-refractivity contribution in [3.05, 3.63) is 38.7 Å². The number of aryl methyl sites for hydroxylation is 2. The molecule has 0 aliphatic carbocycles. The van der Waals surface area contributed by atoms with Crippen LogP contribution in [0.2, 0.25) is 0 Å². The second-order valence-corrected chi connectivity index (χ2v) is 11.9. The van der Waals surface area contributed by atoms with E-state index >= 15 is 0 Å². The van der Waals surface area contributed by atoms with Crippen LogP contribution in [0.15, 0.2) is 32.5 Å². The third kappa shape index (κ3) is 5.49. The molecule has 1 fully saturated rings. The Morgan fingerprint density at radius 1 is 1.16 bits per heavy atom. The number of sulfonamides is 1. The van der Waals surface area contributed by atoms with Crippen molar-refractivity contribution in [3.63, 3.8) is 0 Å². The Hall–Kier alpha value is -2.25. The number of H-pyrrole nitrogens is 1. The van der Waals surface area contributed by atoms with Gasteiger partial charge in [0.1, 0.15) is 22.6 Å². The first kappa shape index (κ1) is 27.8. The highest BCUT2D eigenvalue weighted by molar-refractivity contribution is 9.10. The first-order chi connectivity index (χ1) is 17.7. The topological polar surface area (TPSA) is 121 Å². The molecule has 0 spiro atoms. The third-order valence-corrected chi connectivity index (χ3v) is 9.52. The zero-order valence-corrected chi connectivity index (χ0v) is 23.9. The average molecular weight is 597 g/mol. The van der Waals surface area contributed by atoms with Gasteiger partial charge in [-0.3, -0.25) is 9.69 Å². The highest BCUT2D eigenvalue weighted by Crippen LogP contribution is 2.34. The molecular weight excluding hydrogens is 562 g/mol. The van der Waals surface area contributed by atoms with Crippen LogP contribution in [0.3, 0.4) is 0 Å². The Labute approximate surface area is 225 Å². The molecule has 0 saturated carbocycles. The average Bonchev–Trinajstić information content (AvgIpc) is 3.13. The number of halogens is 1. The van der Waals surface area contributed by atoms with Gasteiger partial charge in [0.25, 0.3) is 5.56 Å².